The van der Waals surface area contributed by atoms with Crippen molar-refractivity contribution in [3.63, 3.8) is 0 Å². The van der Waals surface area contributed by atoms with Crippen molar-refractivity contribution in [2.24, 2.45) is 5.92 Å². The van der Waals surface area contributed by atoms with Crippen LogP contribution in [0.15, 0.2) is 54.6 Å². The van der Waals surface area contributed by atoms with E-state index in [1.807, 2.05) is 36.4 Å². The summed E-state index contributed by atoms with van der Waals surface area (Å²) in [5, 5.41) is 9.53. The molecule has 0 radical (unpaired) electrons. The van der Waals surface area contributed by atoms with Gasteiger partial charge in [0.1, 0.15) is 5.60 Å². The number of carboxylic acid groups (broad SMARTS) is 1. The second-order valence-corrected chi connectivity index (χ2v) is 7.72. The van der Waals surface area contributed by atoms with E-state index in [0.717, 1.165) is 16.7 Å². The minimum absolute atomic E-state index is 0.120. The zero-order chi connectivity index (χ0) is 19.9. The van der Waals surface area contributed by atoms with Crippen molar-refractivity contribution in [2.45, 2.75) is 52.1 Å². The largest absolute Gasteiger partial charge is 0.481 e. The van der Waals surface area contributed by atoms with Gasteiger partial charge in [-0.2, -0.15) is 0 Å². The van der Waals surface area contributed by atoms with Gasteiger partial charge in [0.05, 0.1) is 5.92 Å². The molecule has 27 heavy (non-hydrogen) atoms. The van der Waals surface area contributed by atoms with Crippen LogP contribution in [0.3, 0.4) is 0 Å². The Morgan fingerprint density at radius 1 is 0.963 bits per heavy atom. The third kappa shape index (κ3) is 6.89. The van der Waals surface area contributed by atoms with Crippen LogP contribution in [-0.2, 0) is 20.7 Å². The molecule has 0 amide bonds. The number of aryl methyl sites for hydroxylation is 1. The molecule has 2 aromatic carbocycles. The van der Waals surface area contributed by atoms with Crippen LogP contribution in [0.1, 0.15) is 45.6 Å². The second kappa shape index (κ2) is 9.36. The smallest absolute Gasteiger partial charge is 0.306 e. The first-order chi connectivity index (χ1) is 12.8. The van der Waals surface area contributed by atoms with E-state index < -0.39 is 17.5 Å². The summed E-state index contributed by atoms with van der Waals surface area (Å²) in [7, 11) is 0. The van der Waals surface area contributed by atoms with Gasteiger partial charge in [0.15, 0.2) is 0 Å². The van der Waals surface area contributed by atoms with Crippen LogP contribution in [-0.4, -0.2) is 22.6 Å². The van der Waals surface area contributed by atoms with Gasteiger partial charge in [0.25, 0.3) is 0 Å². The summed E-state index contributed by atoms with van der Waals surface area (Å²) >= 11 is 0. The number of hydrogen-bond donors (Lipinski definition) is 1. The molecule has 0 aliphatic heterocycles. The Balaban J connectivity index is 2.01. The zero-order valence-corrected chi connectivity index (χ0v) is 16.3. The molecule has 1 N–H and O–H groups in total. The Bertz CT molecular complexity index is 759. The number of carbonyl (C=O) groups excluding carboxylic acids is 1. The normalized spacial score (nSPS) is 12.4. The van der Waals surface area contributed by atoms with Crippen LogP contribution in [0, 0.1) is 5.92 Å². The lowest BCUT2D eigenvalue weighted by Crippen LogP contribution is -2.25. The van der Waals surface area contributed by atoms with E-state index >= 15 is 0 Å². The minimum Gasteiger partial charge on any atom is -0.481 e. The number of benzene rings is 2. The topological polar surface area (TPSA) is 63.6 Å². The van der Waals surface area contributed by atoms with E-state index in [-0.39, 0.29) is 18.8 Å². The number of rotatable bonds is 8. The molecule has 0 aromatic heterocycles. The first-order valence-corrected chi connectivity index (χ1v) is 9.34. The van der Waals surface area contributed by atoms with Gasteiger partial charge < -0.3 is 9.84 Å². The summed E-state index contributed by atoms with van der Waals surface area (Å²) in [5.74, 6) is -1.78. The SMILES string of the molecule is CC(C)(C)OC(=O)CCC(CCc1ccccc1-c1ccccc1)C(=O)O. The quantitative estimate of drug-likeness (QED) is 0.658. The zero-order valence-electron chi connectivity index (χ0n) is 16.3. The van der Waals surface area contributed by atoms with E-state index in [1.54, 1.807) is 20.8 Å². The van der Waals surface area contributed by atoms with Crippen molar-refractivity contribution in [2.75, 3.05) is 0 Å². The van der Waals surface area contributed by atoms with Crippen molar-refractivity contribution in [3.8, 4) is 11.1 Å². The number of hydrogen-bond acceptors (Lipinski definition) is 3. The number of aliphatic carboxylic acids is 1. The van der Waals surface area contributed by atoms with Crippen LogP contribution in [0.4, 0.5) is 0 Å². The van der Waals surface area contributed by atoms with Gasteiger partial charge in [-0.1, -0.05) is 54.6 Å². The molecule has 1 unspecified atom stereocenters. The average Bonchev–Trinajstić information content (AvgIpc) is 2.61. The van der Waals surface area contributed by atoms with E-state index in [1.165, 1.54) is 0 Å². The molecule has 0 fully saturated rings. The Kier molecular flexibility index (Phi) is 7.17. The van der Waals surface area contributed by atoms with Crippen LogP contribution >= 0.6 is 0 Å². The van der Waals surface area contributed by atoms with Gasteiger partial charge in [-0.05, 0) is 56.7 Å². The molecule has 2 rings (SSSR count). The molecular weight excluding hydrogens is 340 g/mol. The molecule has 0 saturated heterocycles. The molecule has 0 spiro atoms. The average molecular weight is 368 g/mol. The summed E-state index contributed by atoms with van der Waals surface area (Å²) in [6.07, 6.45) is 1.55. The maximum atomic E-state index is 11.9. The molecule has 0 aliphatic rings. The Morgan fingerprint density at radius 2 is 1.59 bits per heavy atom. The van der Waals surface area contributed by atoms with Gasteiger partial charge in [-0.25, -0.2) is 0 Å². The van der Waals surface area contributed by atoms with E-state index in [4.69, 9.17) is 4.74 Å². The third-order valence-corrected chi connectivity index (χ3v) is 4.33. The summed E-state index contributed by atoms with van der Waals surface area (Å²) in [4.78, 5) is 23.5. The molecule has 4 nitrogen and oxygen atoms in total. The highest BCUT2D eigenvalue weighted by atomic mass is 16.6. The standard InChI is InChI=1S/C23H28O4/c1-23(2,3)27-21(24)16-15-19(22(25)26)14-13-18-11-7-8-12-20(18)17-9-5-4-6-10-17/h4-12,19H,13-16H2,1-3H3,(H,25,26). The molecule has 0 aliphatic carbocycles. The number of carbonyl (C=O) groups is 2. The first-order valence-electron chi connectivity index (χ1n) is 9.34. The Morgan fingerprint density at radius 3 is 2.22 bits per heavy atom. The highest BCUT2D eigenvalue weighted by Crippen LogP contribution is 2.26. The van der Waals surface area contributed by atoms with Crippen molar-refractivity contribution < 1.29 is 19.4 Å². The number of ether oxygens (including phenoxy) is 1. The molecule has 0 bridgehead atoms. The number of carboxylic acids is 1. The maximum Gasteiger partial charge on any atom is 0.306 e. The van der Waals surface area contributed by atoms with E-state index in [9.17, 15) is 14.7 Å². The van der Waals surface area contributed by atoms with Crippen LogP contribution in [0.25, 0.3) is 11.1 Å². The van der Waals surface area contributed by atoms with Crippen molar-refractivity contribution in [1.82, 2.24) is 0 Å². The fraction of sp³-hybridized carbons (Fsp3) is 0.391. The highest BCUT2D eigenvalue weighted by Gasteiger charge is 2.22. The first kappa shape index (κ1) is 20.7. The maximum absolute atomic E-state index is 11.9. The summed E-state index contributed by atoms with van der Waals surface area (Å²) in [6, 6.07) is 18.1. The monoisotopic (exact) mass is 368 g/mol. The van der Waals surface area contributed by atoms with Crippen molar-refractivity contribution in [1.29, 1.82) is 0 Å². The summed E-state index contributed by atoms with van der Waals surface area (Å²) in [5.41, 5.74) is 2.81. The lowest BCUT2D eigenvalue weighted by Gasteiger charge is -2.20. The fourth-order valence-electron chi connectivity index (χ4n) is 3.04. The number of esters is 1. The molecule has 4 heteroatoms. The lowest BCUT2D eigenvalue weighted by atomic mass is 9.91. The highest BCUT2D eigenvalue weighted by molar-refractivity contribution is 5.73. The lowest BCUT2D eigenvalue weighted by molar-refractivity contribution is -0.155. The van der Waals surface area contributed by atoms with Crippen molar-refractivity contribution >= 4 is 11.9 Å². The van der Waals surface area contributed by atoms with Gasteiger partial charge in [0, 0.05) is 6.42 Å². The molecule has 2 aromatic rings. The van der Waals surface area contributed by atoms with Gasteiger partial charge in [0.2, 0.25) is 0 Å². The Hall–Kier alpha value is -2.62. The summed E-state index contributed by atoms with van der Waals surface area (Å²) in [6.45, 7) is 5.42. The summed E-state index contributed by atoms with van der Waals surface area (Å²) < 4.78 is 5.28. The third-order valence-electron chi connectivity index (χ3n) is 4.33. The fourth-order valence-corrected chi connectivity index (χ4v) is 3.04. The minimum atomic E-state index is -0.865. The van der Waals surface area contributed by atoms with Crippen LogP contribution in [0.5, 0.6) is 0 Å². The second-order valence-electron chi connectivity index (χ2n) is 7.72. The van der Waals surface area contributed by atoms with Gasteiger partial charge >= 0.3 is 11.9 Å². The molecular formula is C23H28O4. The van der Waals surface area contributed by atoms with Gasteiger partial charge in [-0.15, -0.1) is 0 Å². The molecule has 144 valence electrons. The van der Waals surface area contributed by atoms with E-state index in [2.05, 4.69) is 18.2 Å². The molecule has 1 atom stereocenters. The molecule has 0 saturated carbocycles. The van der Waals surface area contributed by atoms with Crippen LogP contribution in [0.2, 0.25) is 0 Å². The van der Waals surface area contributed by atoms with E-state index in [0.29, 0.717) is 12.8 Å². The predicted molar refractivity (Wildman–Crippen MR) is 106 cm³/mol. The Labute approximate surface area is 161 Å². The predicted octanol–water partition coefficient (Wildman–Crippen LogP) is 5.11. The van der Waals surface area contributed by atoms with Gasteiger partial charge in [-0.3, -0.25) is 9.59 Å². The van der Waals surface area contributed by atoms with Crippen LogP contribution < -0.4 is 0 Å². The van der Waals surface area contributed by atoms with Crippen molar-refractivity contribution in [3.05, 3.63) is 60.2 Å². The molecule has 0 heterocycles.